The summed E-state index contributed by atoms with van der Waals surface area (Å²) in [6, 6.07) is 10.1. The van der Waals surface area contributed by atoms with E-state index < -0.39 is 0 Å². The molecule has 0 amide bonds. The normalized spacial score (nSPS) is 29.8. The van der Waals surface area contributed by atoms with Crippen LogP contribution in [0.3, 0.4) is 0 Å². The molecule has 0 radical (unpaired) electrons. The zero-order valence-corrected chi connectivity index (χ0v) is 13.8. The Morgan fingerprint density at radius 2 is 1.81 bits per heavy atom. The average Bonchev–Trinajstić information content (AvgIpc) is 3.00. The van der Waals surface area contributed by atoms with Crippen molar-refractivity contribution in [2.75, 3.05) is 20.6 Å². The van der Waals surface area contributed by atoms with Crippen molar-refractivity contribution in [1.29, 1.82) is 0 Å². The maximum Gasteiger partial charge on any atom is 0.0478 e. The quantitative estimate of drug-likeness (QED) is 0.901. The number of fused-ring (bicyclic) bond motifs is 1. The lowest BCUT2D eigenvalue weighted by molar-refractivity contribution is 0.147. The van der Waals surface area contributed by atoms with Crippen molar-refractivity contribution >= 4 is 0 Å². The molecule has 116 valence electrons. The molecular weight excluding hydrogens is 256 g/mol. The standard InChI is InChI=1S/C19H30N2/c1-14-12-18(21(3)13-15-8-4-5-9-15)19(20-2)17-11-7-6-10-16(14)17/h6-7,10-11,14-15,18-20H,4-5,8-9,12-13H2,1-3H3. The molecule has 0 bridgehead atoms. The molecule has 0 saturated heterocycles. The largest absolute Gasteiger partial charge is 0.312 e. The lowest BCUT2D eigenvalue weighted by Gasteiger charge is -2.42. The topological polar surface area (TPSA) is 15.3 Å². The zero-order valence-electron chi connectivity index (χ0n) is 13.8. The van der Waals surface area contributed by atoms with Gasteiger partial charge >= 0.3 is 0 Å². The summed E-state index contributed by atoms with van der Waals surface area (Å²) < 4.78 is 0. The number of nitrogens with zero attached hydrogens (tertiary/aromatic N) is 1. The number of hydrogen-bond donors (Lipinski definition) is 1. The first-order valence-electron chi connectivity index (χ1n) is 8.67. The molecule has 1 N–H and O–H groups in total. The van der Waals surface area contributed by atoms with Gasteiger partial charge in [-0.05, 0) is 56.3 Å². The molecule has 1 aromatic carbocycles. The molecule has 1 fully saturated rings. The average molecular weight is 286 g/mol. The van der Waals surface area contributed by atoms with Crippen LogP contribution >= 0.6 is 0 Å². The van der Waals surface area contributed by atoms with Crippen LogP contribution < -0.4 is 5.32 Å². The number of nitrogens with one attached hydrogen (secondary N) is 1. The molecule has 1 aromatic rings. The molecular formula is C19H30N2. The van der Waals surface area contributed by atoms with Crippen LogP contribution in [0.5, 0.6) is 0 Å². The molecule has 3 unspecified atom stereocenters. The Morgan fingerprint density at radius 3 is 2.48 bits per heavy atom. The van der Waals surface area contributed by atoms with Crippen molar-refractivity contribution in [1.82, 2.24) is 10.2 Å². The van der Waals surface area contributed by atoms with Crippen LogP contribution in [0.15, 0.2) is 24.3 Å². The lowest BCUT2D eigenvalue weighted by atomic mass is 9.77. The summed E-state index contributed by atoms with van der Waals surface area (Å²) >= 11 is 0. The third-order valence-corrected chi connectivity index (χ3v) is 5.74. The van der Waals surface area contributed by atoms with Crippen molar-refractivity contribution in [3.63, 3.8) is 0 Å². The molecule has 2 nitrogen and oxygen atoms in total. The molecule has 0 heterocycles. The first-order valence-corrected chi connectivity index (χ1v) is 8.67. The van der Waals surface area contributed by atoms with Gasteiger partial charge < -0.3 is 10.2 Å². The van der Waals surface area contributed by atoms with Crippen molar-refractivity contribution in [2.45, 2.75) is 57.0 Å². The molecule has 0 aromatic heterocycles. The zero-order chi connectivity index (χ0) is 14.8. The van der Waals surface area contributed by atoms with Crippen LogP contribution in [0.25, 0.3) is 0 Å². The molecule has 21 heavy (non-hydrogen) atoms. The number of likely N-dealkylation sites (N-methyl/N-ethyl adjacent to an activating group) is 2. The highest BCUT2D eigenvalue weighted by molar-refractivity contribution is 5.36. The monoisotopic (exact) mass is 286 g/mol. The Hall–Kier alpha value is -0.860. The minimum absolute atomic E-state index is 0.476. The lowest BCUT2D eigenvalue weighted by Crippen LogP contribution is -2.46. The summed E-state index contributed by atoms with van der Waals surface area (Å²) in [7, 11) is 4.46. The minimum Gasteiger partial charge on any atom is -0.312 e. The predicted molar refractivity (Wildman–Crippen MR) is 89.7 cm³/mol. The van der Waals surface area contributed by atoms with Gasteiger partial charge in [0, 0.05) is 18.6 Å². The van der Waals surface area contributed by atoms with Crippen LogP contribution in [-0.2, 0) is 0 Å². The fraction of sp³-hybridized carbons (Fsp3) is 0.684. The van der Waals surface area contributed by atoms with E-state index in [0.717, 1.165) is 5.92 Å². The van der Waals surface area contributed by atoms with Crippen molar-refractivity contribution in [3.05, 3.63) is 35.4 Å². The fourth-order valence-corrected chi connectivity index (χ4v) is 4.59. The summed E-state index contributed by atoms with van der Waals surface area (Å²) in [5.74, 6) is 1.60. The number of benzene rings is 1. The third kappa shape index (κ3) is 3.02. The van der Waals surface area contributed by atoms with E-state index in [1.807, 2.05) is 0 Å². The molecule has 0 spiro atoms. The van der Waals surface area contributed by atoms with E-state index in [-0.39, 0.29) is 0 Å². The van der Waals surface area contributed by atoms with Gasteiger partial charge in [-0.15, -0.1) is 0 Å². The van der Waals surface area contributed by atoms with Gasteiger partial charge in [0.15, 0.2) is 0 Å². The Labute approximate surface area is 129 Å². The maximum absolute atomic E-state index is 3.59. The third-order valence-electron chi connectivity index (χ3n) is 5.74. The van der Waals surface area contributed by atoms with Gasteiger partial charge in [-0.25, -0.2) is 0 Å². The van der Waals surface area contributed by atoms with Crippen LogP contribution in [0.2, 0.25) is 0 Å². The molecule has 0 aliphatic heterocycles. The molecule has 3 atom stereocenters. The van der Waals surface area contributed by atoms with Crippen molar-refractivity contribution in [2.24, 2.45) is 5.92 Å². The molecule has 1 saturated carbocycles. The van der Waals surface area contributed by atoms with E-state index in [1.165, 1.54) is 44.2 Å². The Balaban J connectivity index is 1.78. The number of hydrogen-bond acceptors (Lipinski definition) is 2. The van der Waals surface area contributed by atoms with E-state index in [1.54, 1.807) is 5.56 Å². The minimum atomic E-state index is 0.476. The van der Waals surface area contributed by atoms with Crippen LogP contribution in [0, 0.1) is 5.92 Å². The first kappa shape index (κ1) is 15.1. The number of rotatable bonds is 4. The van der Waals surface area contributed by atoms with E-state index in [9.17, 15) is 0 Å². The maximum atomic E-state index is 3.59. The van der Waals surface area contributed by atoms with Gasteiger partial charge in [-0.1, -0.05) is 44.0 Å². The summed E-state index contributed by atoms with van der Waals surface area (Å²) in [5, 5.41) is 3.59. The Morgan fingerprint density at radius 1 is 1.14 bits per heavy atom. The first-order chi connectivity index (χ1) is 10.2. The second kappa shape index (κ2) is 6.50. The SMILES string of the molecule is CNC1c2ccccc2C(C)CC1N(C)CC1CCCC1. The van der Waals surface area contributed by atoms with E-state index in [0.29, 0.717) is 18.0 Å². The summed E-state index contributed by atoms with van der Waals surface area (Å²) in [4.78, 5) is 2.64. The molecule has 2 aliphatic rings. The second-order valence-corrected chi connectivity index (χ2v) is 7.19. The predicted octanol–water partition coefficient (Wildman–Crippen LogP) is 3.94. The molecule has 3 rings (SSSR count). The van der Waals surface area contributed by atoms with E-state index >= 15 is 0 Å². The van der Waals surface area contributed by atoms with Crippen LogP contribution in [0.1, 0.15) is 62.1 Å². The highest BCUT2D eigenvalue weighted by Gasteiger charge is 2.35. The van der Waals surface area contributed by atoms with Gasteiger partial charge in [0.05, 0.1) is 0 Å². The smallest absolute Gasteiger partial charge is 0.0478 e. The van der Waals surface area contributed by atoms with Gasteiger partial charge in [-0.3, -0.25) is 0 Å². The van der Waals surface area contributed by atoms with Crippen molar-refractivity contribution < 1.29 is 0 Å². The van der Waals surface area contributed by atoms with Crippen LogP contribution in [0.4, 0.5) is 0 Å². The highest BCUT2D eigenvalue weighted by atomic mass is 15.2. The molecule has 2 heteroatoms. The highest BCUT2D eigenvalue weighted by Crippen LogP contribution is 2.39. The van der Waals surface area contributed by atoms with Gasteiger partial charge in [0.25, 0.3) is 0 Å². The van der Waals surface area contributed by atoms with Gasteiger partial charge in [-0.2, -0.15) is 0 Å². The van der Waals surface area contributed by atoms with Crippen molar-refractivity contribution in [3.8, 4) is 0 Å². The summed E-state index contributed by atoms with van der Waals surface area (Å²) in [5.41, 5.74) is 3.06. The summed E-state index contributed by atoms with van der Waals surface area (Å²) in [6.45, 7) is 3.67. The molecule has 2 aliphatic carbocycles. The second-order valence-electron chi connectivity index (χ2n) is 7.19. The Bertz CT molecular complexity index is 464. The fourth-order valence-electron chi connectivity index (χ4n) is 4.59. The van der Waals surface area contributed by atoms with Gasteiger partial charge in [0.2, 0.25) is 0 Å². The summed E-state index contributed by atoms with van der Waals surface area (Å²) in [6.07, 6.45) is 7.03. The van der Waals surface area contributed by atoms with Crippen LogP contribution in [-0.4, -0.2) is 31.6 Å². The van der Waals surface area contributed by atoms with E-state index in [4.69, 9.17) is 0 Å². The van der Waals surface area contributed by atoms with Gasteiger partial charge in [0.1, 0.15) is 0 Å². The van der Waals surface area contributed by atoms with E-state index in [2.05, 4.69) is 55.5 Å². The Kier molecular flexibility index (Phi) is 4.66.